The van der Waals surface area contributed by atoms with Crippen LogP contribution in [0.25, 0.3) is 0 Å². The Morgan fingerprint density at radius 1 is 1.20 bits per heavy atom. The van der Waals surface area contributed by atoms with E-state index in [1.807, 2.05) is 0 Å². The molecule has 0 saturated carbocycles. The van der Waals surface area contributed by atoms with E-state index in [2.05, 4.69) is 55.3 Å². The Balaban J connectivity index is 1.64. The summed E-state index contributed by atoms with van der Waals surface area (Å²) in [4.78, 5) is 2.55. The molecule has 1 aromatic rings. The number of anilines is 1. The number of hydrogen-bond donors (Lipinski definition) is 1. The van der Waals surface area contributed by atoms with Crippen molar-refractivity contribution in [2.24, 2.45) is 5.41 Å². The fourth-order valence-corrected chi connectivity index (χ4v) is 3.25. The standard InChI is InChI=1S/C18H26N2/c1-18(2,3)16-7-10-20(11-8-16)13-14-4-5-17-15(12-14)6-9-19-17/h4-5,7,12,19H,6,8-11,13H2,1-3H3. The summed E-state index contributed by atoms with van der Waals surface area (Å²) >= 11 is 0. The van der Waals surface area contributed by atoms with Gasteiger partial charge in [-0.2, -0.15) is 0 Å². The summed E-state index contributed by atoms with van der Waals surface area (Å²) in [5.41, 5.74) is 6.24. The van der Waals surface area contributed by atoms with Crippen LogP contribution in [0.5, 0.6) is 0 Å². The van der Waals surface area contributed by atoms with Crippen molar-refractivity contribution in [1.82, 2.24) is 4.90 Å². The summed E-state index contributed by atoms with van der Waals surface area (Å²) in [5.74, 6) is 0. The van der Waals surface area contributed by atoms with E-state index in [0.717, 1.165) is 19.6 Å². The SMILES string of the molecule is CC(C)(C)C1=CCN(Cc2ccc3c(c2)CCN3)CC1. The lowest BCUT2D eigenvalue weighted by Gasteiger charge is -2.32. The molecule has 2 aliphatic rings. The quantitative estimate of drug-likeness (QED) is 0.822. The zero-order valence-corrected chi connectivity index (χ0v) is 13.0. The van der Waals surface area contributed by atoms with Crippen molar-refractivity contribution in [2.45, 2.75) is 40.2 Å². The van der Waals surface area contributed by atoms with Crippen LogP contribution >= 0.6 is 0 Å². The molecule has 0 atom stereocenters. The molecule has 0 aromatic heterocycles. The van der Waals surface area contributed by atoms with E-state index in [9.17, 15) is 0 Å². The molecule has 0 aliphatic carbocycles. The van der Waals surface area contributed by atoms with Crippen molar-refractivity contribution in [3.05, 3.63) is 41.0 Å². The van der Waals surface area contributed by atoms with Gasteiger partial charge in [0.2, 0.25) is 0 Å². The maximum Gasteiger partial charge on any atom is 0.0373 e. The Kier molecular flexibility index (Phi) is 3.59. The van der Waals surface area contributed by atoms with E-state index >= 15 is 0 Å². The van der Waals surface area contributed by atoms with Crippen molar-refractivity contribution < 1.29 is 0 Å². The summed E-state index contributed by atoms with van der Waals surface area (Å²) in [5, 5.41) is 3.43. The molecule has 0 fully saturated rings. The summed E-state index contributed by atoms with van der Waals surface area (Å²) in [6, 6.07) is 6.91. The molecule has 0 radical (unpaired) electrons. The van der Waals surface area contributed by atoms with E-state index in [1.54, 1.807) is 5.57 Å². The molecule has 2 heterocycles. The minimum Gasteiger partial charge on any atom is -0.384 e. The molecule has 0 saturated heterocycles. The third kappa shape index (κ3) is 2.90. The van der Waals surface area contributed by atoms with Crippen LogP contribution in [0.2, 0.25) is 0 Å². The van der Waals surface area contributed by atoms with Crippen LogP contribution in [-0.4, -0.2) is 24.5 Å². The lowest BCUT2D eigenvalue weighted by Crippen LogP contribution is -2.30. The molecule has 2 nitrogen and oxygen atoms in total. The number of nitrogens with zero attached hydrogens (tertiary/aromatic N) is 1. The van der Waals surface area contributed by atoms with Crippen LogP contribution in [0, 0.1) is 5.41 Å². The number of benzene rings is 1. The fraction of sp³-hybridized carbons (Fsp3) is 0.556. The van der Waals surface area contributed by atoms with Gasteiger partial charge >= 0.3 is 0 Å². The third-order valence-electron chi connectivity index (χ3n) is 4.54. The fourth-order valence-electron chi connectivity index (χ4n) is 3.25. The first kappa shape index (κ1) is 13.7. The predicted molar refractivity (Wildman–Crippen MR) is 86.1 cm³/mol. The smallest absolute Gasteiger partial charge is 0.0373 e. The first-order valence-corrected chi connectivity index (χ1v) is 7.80. The molecule has 1 aromatic carbocycles. The molecule has 1 N–H and O–H groups in total. The van der Waals surface area contributed by atoms with Crippen molar-refractivity contribution in [3.8, 4) is 0 Å². The van der Waals surface area contributed by atoms with Gasteiger partial charge in [-0.25, -0.2) is 0 Å². The van der Waals surface area contributed by atoms with Crippen molar-refractivity contribution in [3.63, 3.8) is 0 Å². The number of fused-ring (bicyclic) bond motifs is 1. The van der Waals surface area contributed by atoms with Crippen LogP contribution in [0.3, 0.4) is 0 Å². The molecule has 2 heteroatoms. The predicted octanol–water partition coefficient (Wildman–Crippen LogP) is 3.83. The second-order valence-corrected chi connectivity index (χ2v) is 7.13. The van der Waals surface area contributed by atoms with Crippen LogP contribution < -0.4 is 5.32 Å². The highest BCUT2D eigenvalue weighted by atomic mass is 15.1. The van der Waals surface area contributed by atoms with Gasteiger partial charge in [-0.15, -0.1) is 0 Å². The summed E-state index contributed by atoms with van der Waals surface area (Å²) in [6.07, 6.45) is 4.84. The van der Waals surface area contributed by atoms with Crippen LogP contribution in [0.4, 0.5) is 5.69 Å². The van der Waals surface area contributed by atoms with E-state index in [0.29, 0.717) is 5.41 Å². The normalized spacial score (nSPS) is 19.4. The summed E-state index contributed by atoms with van der Waals surface area (Å²) < 4.78 is 0. The molecule has 0 bridgehead atoms. The highest BCUT2D eigenvalue weighted by molar-refractivity contribution is 5.56. The van der Waals surface area contributed by atoms with Crippen LogP contribution in [0.1, 0.15) is 38.3 Å². The van der Waals surface area contributed by atoms with Gasteiger partial charge in [0.05, 0.1) is 0 Å². The average molecular weight is 270 g/mol. The minimum atomic E-state index is 0.339. The second kappa shape index (κ2) is 5.25. The first-order valence-electron chi connectivity index (χ1n) is 7.80. The van der Waals surface area contributed by atoms with Crippen molar-refractivity contribution >= 4 is 5.69 Å². The minimum absolute atomic E-state index is 0.339. The molecule has 0 amide bonds. The Morgan fingerprint density at radius 3 is 2.75 bits per heavy atom. The van der Waals surface area contributed by atoms with Crippen LogP contribution in [0.15, 0.2) is 29.8 Å². The highest BCUT2D eigenvalue weighted by Gasteiger charge is 2.21. The maximum absolute atomic E-state index is 3.43. The Morgan fingerprint density at radius 2 is 2.05 bits per heavy atom. The molecule has 3 rings (SSSR count). The monoisotopic (exact) mass is 270 g/mol. The summed E-state index contributed by atoms with van der Waals surface area (Å²) in [7, 11) is 0. The largest absolute Gasteiger partial charge is 0.384 e. The zero-order chi connectivity index (χ0) is 14.2. The molecular weight excluding hydrogens is 244 g/mol. The average Bonchev–Trinajstić information content (AvgIpc) is 2.86. The van der Waals surface area contributed by atoms with E-state index in [4.69, 9.17) is 0 Å². The topological polar surface area (TPSA) is 15.3 Å². The zero-order valence-electron chi connectivity index (χ0n) is 13.0. The molecule has 20 heavy (non-hydrogen) atoms. The van der Waals surface area contributed by atoms with E-state index < -0.39 is 0 Å². The Hall–Kier alpha value is -1.28. The molecular formula is C18H26N2. The van der Waals surface area contributed by atoms with E-state index in [1.165, 1.54) is 36.2 Å². The molecule has 0 spiro atoms. The van der Waals surface area contributed by atoms with Gasteiger partial charge in [-0.3, -0.25) is 4.90 Å². The lowest BCUT2D eigenvalue weighted by atomic mass is 9.83. The van der Waals surface area contributed by atoms with E-state index in [-0.39, 0.29) is 0 Å². The third-order valence-corrected chi connectivity index (χ3v) is 4.54. The van der Waals surface area contributed by atoms with Gasteiger partial charge in [-0.05, 0) is 35.4 Å². The first-order chi connectivity index (χ1) is 9.52. The van der Waals surface area contributed by atoms with Gasteiger partial charge in [0.1, 0.15) is 0 Å². The van der Waals surface area contributed by atoms with Gasteiger partial charge < -0.3 is 5.32 Å². The molecule has 2 aliphatic heterocycles. The molecule has 108 valence electrons. The van der Waals surface area contributed by atoms with Gasteiger partial charge in [-0.1, -0.05) is 44.6 Å². The Labute approximate surface area is 122 Å². The number of nitrogens with one attached hydrogen (secondary N) is 1. The number of hydrogen-bond acceptors (Lipinski definition) is 2. The van der Waals surface area contributed by atoms with Gasteiger partial charge in [0, 0.05) is 31.9 Å². The van der Waals surface area contributed by atoms with Gasteiger partial charge in [0.25, 0.3) is 0 Å². The van der Waals surface area contributed by atoms with Crippen molar-refractivity contribution in [2.75, 3.05) is 25.0 Å². The van der Waals surface area contributed by atoms with Crippen LogP contribution in [-0.2, 0) is 13.0 Å². The summed E-state index contributed by atoms with van der Waals surface area (Å²) in [6.45, 7) is 11.4. The highest BCUT2D eigenvalue weighted by Crippen LogP contribution is 2.30. The second-order valence-electron chi connectivity index (χ2n) is 7.13. The molecule has 0 unspecified atom stereocenters. The van der Waals surface area contributed by atoms with Gasteiger partial charge in [0.15, 0.2) is 0 Å². The van der Waals surface area contributed by atoms with Crippen molar-refractivity contribution in [1.29, 1.82) is 0 Å². The number of rotatable bonds is 2. The Bertz CT molecular complexity index is 523. The lowest BCUT2D eigenvalue weighted by molar-refractivity contribution is 0.271. The maximum atomic E-state index is 3.43.